The number of rotatable bonds is 1. The molecule has 0 N–H and O–H groups in total. The Balaban J connectivity index is 1.99. The summed E-state index contributed by atoms with van der Waals surface area (Å²) in [5.41, 5.74) is 1.08. The Hall–Kier alpha value is -1.48. The number of ketones is 2. The van der Waals surface area contributed by atoms with Crippen molar-refractivity contribution < 1.29 is 9.59 Å². The van der Waals surface area contributed by atoms with Gasteiger partial charge in [-0.3, -0.25) is 14.6 Å². The molecular formula is C18H20ClNO2. The lowest BCUT2D eigenvalue weighted by molar-refractivity contribution is 0.0966. The minimum Gasteiger partial charge on any atom is -0.292 e. The highest BCUT2D eigenvalue weighted by Gasteiger charge is 2.38. The molecule has 1 aromatic carbocycles. The molecule has 0 heterocycles. The van der Waals surface area contributed by atoms with Gasteiger partial charge in [0.25, 0.3) is 0 Å². The number of hydrogen-bond acceptors (Lipinski definition) is 3. The van der Waals surface area contributed by atoms with E-state index in [1.165, 1.54) is 6.42 Å². The van der Waals surface area contributed by atoms with Crippen LogP contribution in [0.4, 0.5) is 0 Å². The molecule has 1 aromatic rings. The lowest BCUT2D eigenvalue weighted by Gasteiger charge is -2.32. The van der Waals surface area contributed by atoms with Crippen LogP contribution in [-0.4, -0.2) is 28.7 Å². The fourth-order valence-electron chi connectivity index (χ4n) is 3.45. The first-order valence-electron chi connectivity index (χ1n) is 7.90. The molecule has 4 atom stereocenters. The van der Waals surface area contributed by atoms with Gasteiger partial charge in [-0.05, 0) is 18.3 Å². The number of fused-ring (bicyclic) bond motifs is 1. The molecule has 2 aliphatic rings. The molecule has 0 spiro atoms. The molecule has 0 amide bonds. The van der Waals surface area contributed by atoms with Crippen LogP contribution in [0.3, 0.4) is 0 Å². The summed E-state index contributed by atoms with van der Waals surface area (Å²) in [5.74, 6) is 0.580. The first-order chi connectivity index (χ1) is 10.5. The van der Waals surface area contributed by atoms with E-state index in [-0.39, 0.29) is 23.3 Å². The van der Waals surface area contributed by atoms with Crippen molar-refractivity contribution >= 4 is 28.9 Å². The Kier molecular flexibility index (Phi) is 4.18. The number of nitrogens with zero attached hydrogens (tertiary/aromatic N) is 1. The number of alkyl halides is 1. The van der Waals surface area contributed by atoms with E-state index in [1.54, 1.807) is 24.3 Å². The lowest BCUT2D eigenvalue weighted by Crippen LogP contribution is -2.40. The van der Waals surface area contributed by atoms with Gasteiger partial charge in [0.1, 0.15) is 11.1 Å². The van der Waals surface area contributed by atoms with Crippen LogP contribution in [0, 0.1) is 11.8 Å². The number of carbonyl (C=O) groups is 2. The third-order valence-corrected chi connectivity index (χ3v) is 5.51. The van der Waals surface area contributed by atoms with E-state index in [1.807, 2.05) is 0 Å². The normalized spacial score (nSPS) is 33.9. The van der Waals surface area contributed by atoms with E-state index in [0.29, 0.717) is 23.0 Å². The minimum absolute atomic E-state index is 0.0852. The Morgan fingerprint density at radius 2 is 1.77 bits per heavy atom. The second kappa shape index (κ2) is 5.96. The fraction of sp³-hybridized carbons (Fsp3) is 0.500. The van der Waals surface area contributed by atoms with Gasteiger partial charge >= 0.3 is 0 Å². The van der Waals surface area contributed by atoms with Crippen molar-refractivity contribution in [3.63, 3.8) is 0 Å². The molecule has 4 heteroatoms. The van der Waals surface area contributed by atoms with Gasteiger partial charge in [-0.2, -0.15) is 0 Å². The SMILES string of the molecule is C[C@H]1[C@@H](N=C2C(=O)c3ccccc3C(=O)C2Cl)CCC[C@@H]1C. The zero-order valence-corrected chi connectivity index (χ0v) is 13.6. The predicted octanol–water partition coefficient (Wildman–Crippen LogP) is 3.94. The first kappa shape index (κ1) is 15.4. The van der Waals surface area contributed by atoms with Gasteiger partial charge in [-0.1, -0.05) is 51.0 Å². The van der Waals surface area contributed by atoms with Crippen LogP contribution in [0.2, 0.25) is 0 Å². The summed E-state index contributed by atoms with van der Waals surface area (Å²) < 4.78 is 0. The smallest absolute Gasteiger partial charge is 0.209 e. The largest absolute Gasteiger partial charge is 0.292 e. The van der Waals surface area contributed by atoms with Crippen LogP contribution >= 0.6 is 11.6 Å². The Labute approximate surface area is 135 Å². The Morgan fingerprint density at radius 3 is 2.50 bits per heavy atom. The van der Waals surface area contributed by atoms with Crippen LogP contribution in [0.15, 0.2) is 29.3 Å². The van der Waals surface area contributed by atoms with Crippen molar-refractivity contribution in [2.24, 2.45) is 16.8 Å². The molecule has 0 radical (unpaired) electrons. The molecule has 0 bridgehead atoms. The summed E-state index contributed by atoms with van der Waals surface area (Å²) in [4.78, 5) is 29.7. The molecule has 1 saturated carbocycles. The summed E-state index contributed by atoms with van der Waals surface area (Å²) in [6.07, 6.45) is 3.27. The van der Waals surface area contributed by atoms with E-state index in [4.69, 9.17) is 11.6 Å². The highest BCUT2D eigenvalue weighted by atomic mass is 35.5. The molecular weight excluding hydrogens is 298 g/mol. The van der Waals surface area contributed by atoms with Gasteiger partial charge in [0, 0.05) is 11.1 Å². The highest BCUT2D eigenvalue weighted by molar-refractivity contribution is 6.64. The summed E-state index contributed by atoms with van der Waals surface area (Å²) in [5, 5.41) is -0.952. The molecule has 3 rings (SSSR count). The van der Waals surface area contributed by atoms with E-state index in [9.17, 15) is 9.59 Å². The summed E-state index contributed by atoms with van der Waals surface area (Å²) in [6, 6.07) is 6.94. The van der Waals surface area contributed by atoms with Gasteiger partial charge < -0.3 is 0 Å². The van der Waals surface area contributed by atoms with E-state index >= 15 is 0 Å². The maximum absolute atomic E-state index is 12.7. The molecule has 0 aromatic heterocycles. The predicted molar refractivity (Wildman–Crippen MR) is 88.1 cm³/mol. The number of halogens is 1. The molecule has 2 aliphatic carbocycles. The van der Waals surface area contributed by atoms with E-state index < -0.39 is 5.38 Å². The topological polar surface area (TPSA) is 46.5 Å². The molecule has 22 heavy (non-hydrogen) atoms. The third kappa shape index (κ3) is 2.52. The number of aliphatic imine (C=N–C) groups is 1. The quantitative estimate of drug-likeness (QED) is 0.736. The van der Waals surface area contributed by atoms with Gasteiger partial charge in [-0.15, -0.1) is 11.6 Å². The fourth-order valence-corrected chi connectivity index (χ4v) is 3.72. The van der Waals surface area contributed by atoms with Crippen molar-refractivity contribution in [2.75, 3.05) is 0 Å². The van der Waals surface area contributed by atoms with Crippen molar-refractivity contribution in [2.45, 2.75) is 44.5 Å². The maximum atomic E-state index is 12.7. The minimum atomic E-state index is -0.952. The number of carbonyl (C=O) groups excluding carboxylic acids is 2. The molecule has 0 aliphatic heterocycles. The average Bonchev–Trinajstić information content (AvgIpc) is 2.53. The van der Waals surface area contributed by atoms with E-state index in [0.717, 1.165) is 12.8 Å². The number of benzene rings is 1. The van der Waals surface area contributed by atoms with Gasteiger partial charge in [0.2, 0.25) is 5.78 Å². The van der Waals surface area contributed by atoms with Crippen molar-refractivity contribution in [3.05, 3.63) is 35.4 Å². The third-order valence-electron chi connectivity index (χ3n) is 5.11. The standard InChI is InChI=1S/C18H20ClNO2/c1-10-6-5-9-14(11(10)2)20-16-15(19)17(21)12-7-3-4-8-13(12)18(16)22/h3-4,7-8,10-11,14-15H,5-6,9H2,1-2H3/t10-,11+,14-,15?/m0/s1. The van der Waals surface area contributed by atoms with Crippen LogP contribution < -0.4 is 0 Å². The maximum Gasteiger partial charge on any atom is 0.209 e. The number of Topliss-reactive ketones (excluding diaryl/α,β-unsaturated/α-hetero) is 2. The Bertz CT molecular complexity index is 652. The monoisotopic (exact) mass is 317 g/mol. The van der Waals surface area contributed by atoms with Crippen LogP contribution in [0.5, 0.6) is 0 Å². The zero-order chi connectivity index (χ0) is 15.9. The van der Waals surface area contributed by atoms with E-state index in [2.05, 4.69) is 18.8 Å². The zero-order valence-electron chi connectivity index (χ0n) is 12.9. The van der Waals surface area contributed by atoms with Gasteiger partial charge in [0.05, 0.1) is 6.04 Å². The van der Waals surface area contributed by atoms with Crippen molar-refractivity contribution in [3.8, 4) is 0 Å². The lowest BCUT2D eigenvalue weighted by atomic mass is 9.78. The summed E-state index contributed by atoms with van der Waals surface area (Å²) in [6.45, 7) is 4.39. The van der Waals surface area contributed by atoms with Crippen LogP contribution in [0.1, 0.15) is 53.8 Å². The van der Waals surface area contributed by atoms with Crippen LogP contribution in [0.25, 0.3) is 0 Å². The summed E-state index contributed by atoms with van der Waals surface area (Å²) in [7, 11) is 0. The second-order valence-electron chi connectivity index (χ2n) is 6.45. The molecule has 3 nitrogen and oxygen atoms in total. The highest BCUT2D eigenvalue weighted by Crippen LogP contribution is 2.33. The van der Waals surface area contributed by atoms with Crippen LogP contribution in [-0.2, 0) is 0 Å². The number of hydrogen-bond donors (Lipinski definition) is 0. The van der Waals surface area contributed by atoms with Crippen molar-refractivity contribution in [1.82, 2.24) is 0 Å². The molecule has 1 unspecified atom stereocenters. The average molecular weight is 318 g/mol. The second-order valence-corrected chi connectivity index (χ2v) is 6.89. The molecule has 0 saturated heterocycles. The van der Waals surface area contributed by atoms with Gasteiger partial charge in [0.15, 0.2) is 5.78 Å². The first-order valence-corrected chi connectivity index (χ1v) is 8.34. The molecule has 116 valence electrons. The molecule has 1 fully saturated rings. The Morgan fingerprint density at radius 1 is 1.09 bits per heavy atom. The summed E-state index contributed by atoms with van der Waals surface area (Å²) >= 11 is 6.26. The van der Waals surface area contributed by atoms with Crippen molar-refractivity contribution in [1.29, 1.82) is 0 Å². The van der Waals surface area contributed by atoms with Gasteiger partial charge in [-0.25, -0.2) is 0 Å².